The third-order valence-corrected chi connectivity index (χ3v) is 5.82. The third-order valence-electron chi connectivity index (χ3n) is 4.78. The van der Waals surface area contributed by atoms with Gasteiger partial charge in [-0.3, -0.25) is 14.4 Å². The van der Waals surface area contributed by atoms with E-state index < -0.39 is 11.9 Å². The van der Waals surface area contributed by atoms with E-state index in [9.17, 15) is 14.4 Å². The lowest BCUT2D eigenvalue weighted by atomic mass is 10.2. The first kappa shape index (κ1) is 22.9. The van der Waals surface area contributed by atoms with Gasteiger partial charge < -0.3 is 19.4 Å². The molecule has 2 amide bonds. The maximum atomic E-state index is 13.0. The average molecular weight is 476 g/mol. The highest BCUT2D eigenvalue weighted by atomic mass is 32.1. The Morgan fingerprint density at radius 3 is 2.47 bits per heavy atom. The van der Waals surface area contributed by atoms with Gasteiger partial charge in [0.05, 0.1) is 17.3 Å². The van der Waals surface area contributed by atoms with Gasteiger partial charge in [-0.25, -0.2) is 0 Å². The third kappa shape index (κ3) is 5.38. The van der Waals surface area contributed by atoms with Crippen LogP contribution in [0.1, 0.15) is 17.3 Å². The summed E-state index contributed by atoms with van der Waals surface area (Å²) in [5.41, 5.74) is 1.64. The maximum absolute atomic E-state index is 13.0. The number of anilines is 1. The summed E-state index contributed by atoms with van der Waals surface area (Å²) in [6.45, 7) is 1.31. The summed E-state index contributed by atoms with van der Waals surface area (Å²) in [7, 11) is 1.30. The number of thiazole rings is 1. The van der Waals surface area contributed by atoms with E-state index in [4.69, 9.17) is 9.47 Å². The van der Waals surface area contributed by atoms with Crippen molar-refractivity contribution < 1.29 is 23.9 Å². The van der Waals surface area contributed by atoms with Crippen LogP contribution in [0, 0.1) is 0 Å². The zero-order valence-electron chi connectivity index (χ0n) is 18.5. The van der Waals surface area contributed by atoms with Crippen LogP contribution < -0.4 is 14.9 Å². The Morgan fingerprint density at radius 1 is 0.971 bits per heavy atom. The molecule has 4 rings (SSSR count). The van der Waals surface area contributed by atoms with E-state index in [-0.39, 0.29) is 12.5 Å². The summed E-state index contributed by atoms with van der Waals surface area (Å²) in [4.78, 5) is 41.1. The van der Waals surface area contributed by atoms with Crippen molar-refractivity contribution in [2.75, 3.05) is 12.4 Å². The molecule has 0 aliphatic heterocycles. The number of hydrogen-bond donors (Lipinski definition) is 1. The quantitative estimate of drug-likeness (QED) is 0.418. The molecule has 0 fully saturated rings. The van der Waals surface area contributed by atoms with Crippen LogP contribution in [0.25, 0.3) is 10.2 Å². The van der Waals surface area contributed by atoms with Crippen molar-refractivity contribution >= 4 is 45.0 Å². The van der Waals surface area contributed by atoms with Crippen molar-refractivity contribution in [2.45, 2.75) is 13.5 Å². The molecule has 0 unspecified atom stereocenters. The molecule has 9 heteroatoms. The molecular formula is C25H21N3O5S. The summed E-state index contributed by atoms with van der Waals surface area (Å²) >= 11 is 1.23. The van der Waals surface area contributed by atoms with Gasteiger partial charge in [-0.2, -0.15) is 4.99 Å². The predicted molar refractivity (Wildman–Crippen MR) is 129 cm³/mol. The number of ether oxygens (including phenoxy) is 2. The van der Waals surface area contributed by atoms with E-state index >= 15 is 0 Å². The Balaban J connectivity index is 1.72. The van der Waals surface area contributed by atoms with Gasteiger partial charge in [-0.05, 0) is 48.5 Å². The molecule has 1 N–H and O–H groups in total. The number of amides is 2. The van der Waals surface area contributed by atoms with Gasteiger partial charge in [-0.1, -0.05) is 35.6 Å². The molecule has 3 aromatic carbocycles. The van der Waals surface area contributed by atoms with E-state index in [0.29, 0.717) is 33.1 Å². The Bertz CT molecular complexity index is 1440. The number of nitrogens with zero attached hydrogens (tertiary/aromatic N) is 2. The van der Waals surface area contributed by atoms with Crippen LogP contribution in [0.2, 0.25) is 0 Å². The highest BCUT2D eigenvalue weighted by Crippen LogP contribution is 2.24. The normalized spacial score (nSPS) is 11.3. The largest absolute Gasteiger partial charge is 0.468 e. The number of para-hydroxylation sites is 1. The number of aromatic nitrogens is 1. The number of benzene rings is 3. The van der Waals surface area contributed by atoms with E-state index in [1.54, 1.807) is 47.0 Å². The zero-order valence-corrected chi connectivity index (χ0v) is 19.3. The van der Waals surface area contributed by atoms with E-state index in [0.717, 1.165) is 4.70 Å². The minimum absolute atomic E-state index is 0.112. The molecule has 0 bridgehead atoms. The monoisotopic (exact) mass is 475 g/mol. The number of esters is 1. The van der Waals surface area contributed by atoms with Gasteiger partial charge in [0, 0.05) is 18.2 Å². The van der Waals surface area contributed by atoms with Gasteiger partial charge in [0.15, 0.2) is 4.80 Å². The lowest BCUT2D eigenvalue weighted by molar-refractivity contribution is -0.141. The van der Waals surface area contributed by atoms with Gasteiger partial charge in [-0.15, -0.1) is 0 Å². The number of hydrogen-bond acceptors (Lipinski definition) is 6. The predicted octanol–water partition coefficient (Wildman–Crippen LogP) is 4.37. The minimum atomic E-state index is -0.481. The van der Waals surface area contributed by atoms with Crippen molar-refractivity contribution in [3.8, 4) is 11.5 Å². The van der Waals surface area contributed by atoms with Crippen molar-refractivity contribution in [3.05, 3.63) is 83.2 Å². The van der Waals surface area contributed by atoms with Crippen LogP contribution in [0.3, 0.4) is 0 Å². The molecule has 34 heavy (non-hydrogen) atoms. The van der Waals surface area contributed by atoms with Crippen molar-refractivity contribution in [1.82, 2.24) is 4.57 Å². The van der Waals surface area contributed by atoms with Crippen LogP contribution in [0.4, 0.5) is 5.69 Å². The Kier molecular flexibility index (Phi) is 6.84. The molecule has 0 radical (unpaired) electrons. The van der Waals surface area contributed by atoms with E-state index in [1.165, 1.54) is 25.4 Å². The fourth-order valence-corrected chi connectivity index (χ4v) is 4.32. The standard InChI is InChI=1S/C25H21N3O5S/c1-16(29)26-18-11-12-21-22(14-18)34-25(28(21)15-23(30)32-2)27-24(31)17-7-6-10-20(13-17)33-19-8-4-3-5-9-19/h3-14H,15H2,1-2H3,(H,26,29). The van der Waals surface area contributed by atoms with Gasteiger partial charge in [0.25, 0.3) is 5.91 Å². The fourth-order valence-electron chi connectivity index (χ4n) is 3.25. The van der Waals surface area contributed by atoms with Crippen LogP contribution in [0.5, 0.6) is 11.5 Å². The molecule has 0 saturated carbocycles. The van der Waals surface area contributed by atoms with Crippen LogP contribution in [-0.2, 0) is 20.9 Å². The van der Waals surface area contributed by atoms with Gasteiger partial charge >= 0.3 is 5.97 Å². The van der Waals surface area contributed by atoms with Crippen LogP contribution in [0.15, 0.2) is 77.8 Å². The second-order valence-corrected chi connectivity index (χ2v) is 8.28. The summed E-state index contributed by atoms with van der Waals surface area (Å²) in [5.74, 6) is 0.00464. The number of carbonyl (C=O) groups excluding carboxylic acids is 3. The molecule has 0 saturated heterocycles. The maximum Gasteiger partial charge on any atom is 0.325 e. The number of nitrogens with one attached hydrogen (secondary N) is 1. The Hall–Kier alpha value is -4.24. The smallest absolute Gasteiger partial charge is 0.325 e. The highest BCUT2D eigenvalue weighted by Gasteiger charge is 2.14. The van der Waals surface area contributed by atoms with Crippen LogP contribution >= 0.6 is 11.3 Å². The zero-order chi connectivity index (χ0) is 24.1. The first-order valence-electron chi connectivity index (χ1n) is 10.3. The summed E-state index contributed by atoms with van der Waals surface area (Å²) in [6, 6.07) is 21.2. The van der Waals surface area contributed by atoms with Gasteiger partial charge in [0.1, 0.15) is 18.0 Å². The first-order chi connectivity index (χ1) is 16.4. The molecule has 0 atom stereocenters. The second-order valence-electron chi connectivity index (χ2n) is 7.27. The average Bonchev–Trinajstić information content (AvgIpc) is 3.15. The van der Waals surface area contributed by atoms with Gasteiger partial charge in [0.2, 0.25) is 5.91 Å². The number of methoxy groups -OCH3 is 1. The summed E-state index contributed by atoms with van der Waals surface area (Å²) in [5, 5.41) is 2.73. The summed E-state index contributed by atoms with van der Waals surface area (Å²) in [6.07, 6.45) is 0. The minimum Gasteiger partial charge on any atom is -0.468 e. The lowest BCUT2D eigenvalue weighted by Gasteiger charge is -2.06. The van der Waals surface area contributed by atoms with Crippen LogP contribution in [-0.4, -0.2) is 29.5 Å². The SMILES string of the molecule is COC(=O)Cn1c(=NC(=O)c2cccc(Oc3ccccc3)c2)sc2cc(NC(C)=O)ccc21. The number of rotatable bonds is 6. The molecule has 0 spiro atoms. The molecule has 0 aliphatic rings. The topological polar surface area (TPSA) is 99.0 Å². The molecule has 8 nitrogen and oxygen atoms in total. The molecular weight excluding hydrogens is 454 g/mol. The first-order valence-corrected chi connectivity index (χ1v) is 11.1. The van der Waals surface area contributed by atoms with Crippen molar-refractivity contribution in [2.24, 2.45) is 4.99 Å². The number of carbonyl (C=O) groups is 3. The summed E-state index contributed by atoms with van der Waals surface area (Å²) < 4.78 is 13.0. The molecule has 1 aromatic heterocycles. The second kappa shape index (κ2) is 10.1. The Labute approximate surface area is 199 Å². The van der Waals surface area contributed by atoms with E-state index in [2.05, 4.69) is 10.3 Å². The molecule has 0 aliphatic carbocycles. The Morgan fingerprint density at radius 2 is 1.74 bits per heavy atom. The number of fused-ring (bicyclic) bond motifs is 1. The highest BCUT2D eigenvalue weighted by molar-refractivity contribution is 7.16. The molecule has 172 valence electrons. The lowest BCUT2D eigenvalue weighted by Crippen LogP contribution is -2.22. The van der Waals surface area contributed by atoms with Crippen molar-refractivity contribution in [3.63, 3.8) is 0 Å². The fraction of sp³-hybridized carbons (Fsp3) is 0.120. The van der Waals surface area contributed by atoms with E-state index in [1.807, 2.05) is 30.3 Å². The molecule has 4 aromatic rings. The molecule has 1 heterocycles. The van der Waals surface area contributed by atoms with Crippen molar-refractivity contribution in [1.29, 1.82) is 0 Å².